The number of nitrogens with zero attached hydrogens (tertiary/aromatic N) is 2. The lowest BCUT2D eigenvalue weighted by atomic mass is 10.1. The van der Waals surface area contributed by atoms with Crippen LogP contribution in [0.2, 0.25) is 5.02 Å². The van der Waals surface area contributed by atoms with E-state index in [-0.39, 0.29) is 25.2 Å². The number of carbonyl (C=O) groups is 1. The van der Waals surface area contributed by atoms with Crippen molar-refractivity contribution in [1.82, 2.24) is 9.88 Å². The van der Waals surface area contributed by atoms with E-state index in [1.54, 1.807) is 6.07 Å². The Labute approximate surface area is 192 Å². The molecule has 0 spiro atoms. The van der Waals surface area contributed by atoms with Crippen LogP contribution in [0.1, 0.15) is 52.5 Å². The number of thiazole rings is 1. The van der Waals surface area contributed by atoms with Crippen molar-refractivity contribution in [1.29, 1.82) is 0 Å². The first-order valence-corrected chi connectivity index (χ1v) is 11.5. The summed E-state index contributed by atoms with van der Waals surface area (Å²) in [6.07, 6.45) is 0.831. The normalized spacial score (nSPS) is 11.9. The van der Waals surface area contributed by atoms with Gasteiger partial charge in [0, 0.05) is 34.1 Å². The number of ether oxygens (including phenoxy) is 1. The molecule has 1 aromatic heterocycles. The molecular weight excluding hydrogens is 432 g/mol. The summed E-state index contributed by atoms with van der Waals surface area (Å²) in [5, 5.41) is 12.4. The molecule has 1 atom stereocenters. The first kappa shape index (κ1) is 23.3. The number of amides is 1. The SMILES string of the molecule is CC[C@@H](C)N(Cc1cc(Cl)ccc1OCc1nc(CO)cs1)C(=O)c1ccc(C)cc1. The molecule has 164 valence electrons. The molecule has 1 heterocycles. The van der Waals surface area contributed by atoms with Gasteiger partial charge in [0.15, 0.2) is 0 Å². The van der Waals surface area contributed by atoms with Gasteiger partial charge < -0.3 is 14.7 Å². The van der Waals surface area contributed by atoms with Gasteiger partial charge in [0.05, 0.1) is 12.3 Å². The van der Waals surface area contributed by atoms with E-state index < -0.39 is 0 Å². The maximum atomic E-state index is 13.3. The molecular formula is C24H27ClN2O3S. The minimum atomic E-state index is -0.0896. The van der Waals surface area contributed by atoms with Crippen LogP contribution in [-0.4, -0.2) is 26.9 Å². The molecule has 0 bridgehead atoms. The van der Waals surface area contributed by atoms with Gasteiger partial charge in [-0.1, -0.05) is 36.2 Å². The van der Waals surface area contributed by atoms with Crippen molar-refractivity contribution in [2.45, 2.75) is 53.0 Å². The lowest BCUT2D eigenvalue weighted by molar-refractivity contribution is 0.0669. The molecule has 3 rings (SSSR count). The third kappa shape index (κ3) is 6.06. The monoisotopic (exact) mass is 458 g/mol. The van der Waals surface area contributed by atoms with E-state index in [0.29, 0.717) is 28.6 Å². The van der Waals surface area contributed by atoms with Crippen LogP contribution in [0.5, 0.6) is 5.75 Å². The highest BCUT2D eigenvalue weighted by molar-refractivity contribution is 7.09. The Morgan fingerprint density at radius 2 is 2.00 bits per heavy atom. The first-order valence-electron chi connectivity index (χ1n) is 10.2. The van der Waals surface area contributed by atoms with Crippen LogP contribution in [0.25, 0.3) is 0 Å². The van der Waals surface area contributed by atoms with Gasteiger partial charge in [0.25, 0.3) is 5.91 Å². The Bertz CT molecular complexity index is 1020. The second-order valence-electron chi connectivity index (χ2n) is 7.49. The molecule has 7 heteroatoms. The maximum Gasteiger partial charge on any atom is 0.254 e. The van der Waals surface area contributed by atoms with Gasteiger partial charge in [-0.2, -0.15) is 0 Å². The van der Waals surface area contributed by atoms with Crippen molar-refractivity contribution in [3.63, 3.8) is 0 Å². The molecule has 0 fully saturated rings. The molecule has 3 aromatic rings. The molecule has 2 aromatic carbocycles. The Balaban J connectivity index is 1.83. The Morgan fingerprint density at radius 1 is 1.26 bits per heavy atom. The molecule has 0 saturated heterocycles. The molecule has 0 radical (unpaired) electrons. The summed E-state index contributed by atoms with van der Waals surface area (Å²) in [7, 11) is 0. The third-order valence-electron chi connectivity index (χ3n) is 5.16. The Kier molecular flexibility index (Phi) is 8.07. The average Bonchev–Trinajstić information content (AvgIpc) is 3.24. The zero-order valence-corrected chi connectivity index (χ0v) is 19.5. The Hall–Kier alpha value is -2.41. The van der Waals surface area contributed by atoms with E-state index in [4.69, 9.17) is 16.3 Å². The number of aliphatic hydroxyl groups excluding tert-OH is 1. The summed E-state index contributed by atoms with van der Waals surface area (Å²) >= 11 is 7.71. The lowest BCUT2D eigenvalue weighted by Crippen LogP contribution is -2.37. The van der Waals surface area contributed by atoms with Gasteiger partial charge in [-0.25, -0.2) is 4.98 Å². The zero-order valence-electron chi connectivity index (χ0n) is 18.0. The quantitative estimate of drug-likeness (QED) is 0.452. The molecule has 0 aliphatic rings. The fourth-order valence-corrected chi connectivity index (χ4v) is 4.02. The van der Waals surface area contributed by atoms with E-state index >= 15 is 0 Å². The van der Waals surface area contributed by atoms with Crippen molar-refractivity contribution in [3.8, 4) is 5.75 Å². The number of aromatic nitrogens is 1. The van der Waals surface area contributed by atoms with Crippen LogP contribution in [0.4, 0.5) is 0 Å². The van der Waals surface area contributed by atoms with Crippen molar-refractivity contribution >= 4 is 28.8 Å². The number of hydrogen-bond donors (Lipinski definition) is 1. The first-order chi connectivity index (χ1) is 14.9. The minimum Gasteiger partial charge on any atom is -0.486 e. The van der Waals surface area contributed by atoms with Gasteiger partial charge in [-0.3, -0.25) is 4.79 Å². The van der Waals surface area contributed by atoms with Crippen molar-refractivity contribution < 1.29 is 14.6 Å². The standard InChI is InChI=1S/C24H27ClN2O3S/c1-4-17(3)27(24(29)18-7-5-16(2)6-8-18)12-19-11-20(25)9-10-22(19)30-14-23-26-21(13-28)15-31-23/h5-11,15,17,28H,4,12-14H2,1-3H3/t17-/m1/s1. The third-order valence-corrected chi connectivity index (χ3v) is 6.26. The molecule has 5 nitrogen and oxygen atoms in total. The number of hydrogen-bond acceptors (Lipinski definition) is 5. The summed E-state index contributed by atoms with van der Waals surface area (Å²) in [5.74, 6) is 0.642. The second-order valence-corrected chi connectivity index (χ2v) is 8.87. The van der Waals surface area contributed by atoms with Crippen molar-refractivity contribution in [2.75, 3.05) is 0 Å². The number of rotatable bonds is 9. The largest absolute Gasteiger partial charge is 0.486 e. The topological polar surface area (TPSA) is 62.7 Å². The number of aryl methyl sites for hydroxylation is 1. The minimum absolute atomic E-state index is 0.0206. The Morgan fingerprint density at radius 3 is 2.65 bits per heavy atom. The van der Waals surface area contributed by atoms with Crippen LogP contribution < -0.4 is 4.74 Å². The zero-order chi connectivity index (χ0) is 22.4. The maximum absolute atomic E-state index is 13.3. The number of benzene rings is 2. The van der Waals surface area contributed by atoms with Crippen LogP contribution in [-0.2, 0) is 19.8 Å². The molecule has 0 saturated carbocycles. The van der Waals surface area contributed by atoms with E-state index in [2.05, 4.69) is 11.9 Å². The van der Waals surface area contributed by atoms with E-state index in [1.807, 2.05) is 60.5 Å². The van der Waals surface area contributed by atoms with Crippen LogP contribution in [0, 0.1) is 6.92 Å². The van der Waals surface area contributed by atoms with Gasteiger partial charge in [-0.15, -0.1) is 11.3 Å². The average molecular weight is 459 g/mol. The number of halogens is 1. The molecule has 31 heavy (non-hydrogen) atoms. The second kappa shape index (κ2) is 10.8. The van der Waals surface area contributed by atoms with E-state index in [9.17, 15) is 9.90 Å². The molecule has 1 amide bonds. The van der Waals surface area contributed by atoms with Gasteiger partial charge in [-0.05, 0) is 50.6 Å². The molecule has 0 unspecified atom stereocenters. The van der Waals surface area contributed by atoms with Gasteiger partial charge >= 0.3 is 0 Å². The van der Waals surface area contributed by atoms with E-state index in [1.165, 1.54) is 11.3 Å². The molecule has 0 aliphatic carbocycles. The predicted molar refractivity (Wildman–Crippen MR) is 125 cm³/mol. The van der Waals surface area contributed by atoms with Crippen LogP contribution >= 0.6 is 22.9 Å². The fraction of sp³-hybridized carbons (Fsp3) is 0.333. The van der Waals surface area contributed by atoms with E-state index in [0.717, 1.165) is 22.6 Å². The summed E-state index contributed by atoms with van der Waals surface area (Å²) in [4.78, 5) is 19.5. The number of aliphatic hydroxyl groups is 1. The highest BCUT2D eigenvalue weighted by Crippen LogP contribution is 2.27. The predicted octanol–water partition coefficient (Wildman–Crippen LogP) is 5.62. The summed E-state index contributed by atoms with van der Waals surface area (Å²) < 4.78 is 6.02. The summed E-state index contributed by atoms with van der Waals surface area (Å²) in [6.45, 7) is 6.70. The smallest absolute Gasteiger partial charge is 0.254 e. The van der Waals surface area contributed by atoms with Crippen LogP contribution in [0.3, 0.4) is 0 Å². The summed E-state index contributed by atoms with van der Waals surface area (Å²) in [6, 6.07) is 13.1. The van der Waals surface area contributed by atoms with Crippen molar-refractivity contribution in [3.05, 3.63) is 80.3 Å². The van der Waals surface area contributed by atoms with Crippen molar-refractivity contribution in [2.24, 2.45) is 0 Å². The lowest BCUT2D eigenvalue weighted by Gasteiger charge is -2.29. The van der Waals surface area contributed by atoms with Gasteiger partial charge in [0.2, 0.25) is 0 Å². The van der Waals surface area contributed by atoms with Crippen LogP contribution in [0.15, 0.2) is 47.8 Å². The highest BCUT2D eigenvalue weighted by Gasteiger charge is 2.22. The fourth-order valence-electron chi connectivity index (χ4n) is 3.13. The highest BCUT2D eigenvalue weighted by atomic mass is 35.5. The molecule has 0 aliphatic heterocycles. The molecule has 1 N–H and O–H groups in total. The van der Waals surface area contributed by atoms with Gasteiger partial charge in [0.1, 0.15) is 17.4 Å². The number of carbonyl (C=O) groups excluding carboxylic acids is 1. The summed E-state index contributed by atoms with van der Waals surface area (Å²) in [5.41, 5.74) is 3.25.